The molecule has 1 atom stereocenters. The molecule has 3 aromatic rings. The Morgan fingerprint density at radius 1 is 1.11 bits per heavy atom. The molecule has 1 aromatic heterocycles. The van der Waals surface area contributed by atoms with Crippen LogP contribution >= 0.6 is 11.3 Å². The number of Topliss-reactive ketones (excluding diaryl/α,β-unsaturated/α-hetero) is 1. The maximum atomic E-state index is 13.1. The summed E-state index contributed by atoms with van der Waals surface area (Å²) in [6.45, 7) is -0.0599. The molecule has 1 saturated carbocycles. The monoisotopic (exact) mass is 530 g/mol. The average Bonchev–Trinajstić information content (AvgIpc) is 3.56. The molecule has 1 aliphatic carbocycles. The van der Waals surface area contributed by atoms with Crippen molar-refractivity contribution in [3.63, 3.8) is 0 Å². The number of thiazole rings is 1. The number of sulfone groups is 1. The minimum Gasteiger partial charge on any atom is -0.478 e. The van der Waals surface area contributed by atoms with Crippen LogP contribution in [-0.2, 0) is 24.2 Å². The number of amides is 1. The highest BCUT2D eigenvalue weighted by molar-refractivity contribution is 7.92. The smallest absolute Gasteiger partial charge is 0.335 e. The first-order chi connectivity index (χ1) is 17.2. The summed E-state index contributed by atoms with van der Waals surface area (Å²) in [5, 5.41) is 10.6. The topological polar surface area (TPSA) is 140 Å². The summed E-state index contributed by atoms with van der Waals surface area (Å²) in [6.07, 6.45) is 1.57. The van der Waals surface area contributed by atoms with Gasteiger partial charge in [0, 0.05) is 26.0 Å². The fourth-order valence-corrected chi connectivity index (χ4v) is 6.85. The third kappa shape index (κ3) is 6.15. The molecule has 0 radical (unpaired) electrons. The fraction of sp³-hybridized carbons (Fsp3) is 0.360. The first-order valence-corrected chi connectivity index (χ1v) is 14.0. The van der Waals surface area contributed by atoms with Crippen LogP contribution < -0.4 is 5.32 Å². The summed E-state index contributed by atoms with van der Waals surface area (Å²) in [5.41, 5.74) is 2.32. The number of fused-ring (bicyclic) bond motifs is 1. The maximum Gasteiger partial charge on any atom is 0.335 e. The van der Waals surface area contributed by atoms with E-state index in [-0.39, 0.29) is 47.7 Å². The van der Waals surface area contributed by atoms with Crippen LogP contribution in [0.2, 0.25) is 0 Å². The van der Waals surface area contributed by atoms with Gasteiger partial charge in [0.2, 0.25) is 5.91 Å². The molecule has 2 aromatic carbocycles. The molecule has 36 heavy (non-hydrogen) atoms. The van der Waals surface area contributed by atoms with E-state index in [2.05, 4.69) is 10.3 Å². The van der Waals surface area contributed by atoms with E-state index in [9.17, 15) is 22.8 Å². The van der Waals surface area contributed by atoms with Gasteiger partial charge in [0.25, 0.3) is 0 Å². The van der Waals surface area contributed by atoms with E-state index in [1.54, 1.807) is 24.3 Å². The van der Waals surface area contributed by atoms with Crippen molar-refractivity contribution in [3.8, 4) is 11.1 Å². The van der Waals surface area contributed by atoms with Gasteiger partial charge in [0.05, 0.1) is 28.1 Å². The van der Waals surface area contributed by atoms with Crippen LogP contribution in [-0.4, -0.2) is 61.7 Å². The summed E-state index contributed by atoms with van der Waals surface area (Å²) in [5.74, 6) is -2.19. The van der Waals surface area contributed by atoms with Crippen LogP contribution in [0.1, 0.15) is 46.3 Å². The molecule has 1 aliphatic rings. The minimum atomic E-state index is -3.93. The number of hydrogen-bond donors (Lipinski definition) is 2. The van der Waals surface area contributed by atoms with Crippen molar-refractivity contribution in [2.75, 3.05) is 19.5 Å². The van der Waals surface area contributed by atoms with Gasteiger partial charge < -0.3 is 15.2 Å². The lowest BCUT2D eigenvalue weighted by Gasteiger charge is -2.14. The number of aromatic nitrogens is 1. The summed E-state index contributed by atoms with van der Waals surface area (Å²) in [7, 11) is -2.55. The van der Waals surface area contributed by atoms with E-state index in [0.717, 1.165) is 35.3 Å². The Morgan fingerprint density at radius 2 is 1.81 bits per heavy atom. The van der Waals surface area contributed by atoms with Crippen LogP contribution in [0, 0.1) is 0 Å². The molecule has 1 heterocycles. The predicted molar refractivity (Wildman–Crippen MR) is 136 cm³/mol. The number of carboxylic acids is 1. The largest absolute Gasteiger partial charge is 0.478 e. The fourth-order valence-electron chi connectivity index (χ4n) is 3.74. The Kier molecular flexibility index (Phi) is 7.82. The Hall–Kier alpha value is -3.15. The number of methoxy groups -OCH3 is 1. The van der Waals surface area contributed by atoms with Gasteiger partial charge in [-0.2, -0.15) is 0 Å². The molecule has 0 saturated heterocycles. The average molecular weight is 531 g/mol. The lowest BCUT2D eigenvalue weighted by Crippen LogP contribution is -2.29. The summed E-state index contributed by atoms with van der Waals surface area (Å²) in [4.78, 5) is 40.8. The highest BCUT2D eigenvalue weighted by Crippen LogP contribution is 2.35. The molecule has 0 bridgehead atoms. The predicted octanol–water partition coefficient (Wildman–Crippen LogP) is 3.39. The zero-order chi connectivity index (χ0) is 25.9. The number of ether oxygens (including phenoxy) is 1. The molecule has 0 spiro atoms. The Morgan fingerprint density at radius 3 is 2.44 bits per heavy atom. The number of nitrogens with zero attached hydrogens (tertiary/aromatic N) is 1. The summed E-state index contributed by atoms with van der Waals surface area (Å²) < 4.78 is 31.9. The maximum absolute atomic E-state index is 13.1. The van der Waals surface area contributed by atoms with E-state index in [1.807, 2.05) is 6.07 Å². The number of rotatable bonds is 12. The number of benzene rings is 2. The van der Waals surface area contributed by atoms with Gasteiger partial charge in [-0.3, -0.25) is 9.59 Å². The number of ketones is 1. The third-order valence-corrected chi connectivity index (χ3v) is 9.03. The van der Waals surface area contributed by atoms with Crippen molar-refractivity contribution in [1.82, 2.24) is 10.3 Å². The normalized spacial score (nSPS) is 14.5. The second kappa shape index (κ2) is 10.9. The number of nitrogens with one attached hydrogen (secondary N) is 1. The first-order valence-electron chi connectivity index (χ1n) is 11.4. The molecular formula is C25H26N2O7S2. The molecule has 4 rings (SSSR count). The Labute approximate surface area is 212 Å². The van der Waals surface area contributed by atoms with Crippen LogP contribution in [0.3, 0.4) is 0 Å². The Bertz CT molecular complexity index is 1390. The van der Waals surface area contributed by atoms with E-state index < -0.39 is 26.8 Å². The van der Waals surface area contributed by atoms with E-state index in [1.165, 1.54) is 19.2 Å². The van der Waals surface area contributed by atoms with Crippen LogP contribution in [0.4, 0.5) is 0 Å². The lowest BCUT2D eigenvalue weighted by molar-refractivity contribution is -0.125. The third-order valence-electron chi connectivity index (χ3n) is 5.86. The van der Waals surface area contributed by atoms with Crippen molar-refractivity contribution < 1.29 is 32.6 Å². The summed E-state index contributed by atoms with van der Waals surface area (Å²) in [6, 6.07) is 11.9. The zero-order valence-corrected chi connectivity index (χ0v) is 21.2. The second-order valence-corrected chi connectivity index (χ2v) is 11.9. The number of hydrogen-bond acceptors (Lipinski definition) is 8. The first kappa shape index (κ1) is 25.9. The standard InChI is InChI=1S/C25H26N2O7S2/c1-34-12-13-36(32,33)23(20(28)10-11-22(29)26-18-7-8-18)24-27-19-9-6-17(14-21(19)35-24)15-2-4-16(5-3-15)25(30)31/h2-6,9,14,18,23H,7-8,10-13H2,1H3,(H,26,29)(H,30,31). The molecule has 1 fully saturated rings. The molecule has 0 aliphatic heterocycles. The molecular weight excluding hydrogens is 504 g/mol. The SMILES string of the molecule is COCCS(=O)(=O)C(C(=O)CCC(=O)NC1CC1)c1nc2ccc(-c3ccc(C(=O)O)cc3)cc2s1. The molecule has 1 amide bonds. The van der Waals surface area contributed by atoms with Crippen LogP contribution in [0.15, 0.2) is 42.5 Å². The van der Waals surface area contributed by atoms with Gasteiger partial charge >= 0.3 is 5.97 Å². The van der Waals surface area contributed by atoms with E-state index >= 15 is 0 Å². The van der Waals surface area contributed by atoms with Crippen molar-refractivity contribution in [2.45, 2.75) is 37.0 Å². The van der Waals surface area contributed by atoms with E-state index in [4.69, 9.17) is 9.84 Å². The highest BCUT2D eigenvalue weighted by atomic mass is 32.2. The van der Waals surface area contributed by atoms with Gasteiger partial charge in [0.1, 0.15) is 5.01 Å². The second-order valence-electron chi connectivity index (χ2n) is 8.67. The molecule has 9 nitrogen and oxygen atoms in total. The molecule has 2 N–H and O–H groups in total. The van der Waals surface area contributed by atoms with Gasteiger partial charge in [-0.15, -0.1) is 11.3 Å². The Balaban J connectivity index is 1.62. The number of aromatic carboxylic acids is 1. The van der Waals surface area contributed by atoms with Crippen molar-refractivity contribution >= 4 is 49.1 Å². The number of carbonyl (C=O) groups excluding carboxylic acids is 2. The van der Waals surface area contributed by atoms with Crippen molar-refractivity contribution in [1.29, 1.82) is 0 Å². The minimum absolute atomic E-state index is 0.0599. The molecule has 11 heteroatoms. The van der Waals surface area contributed by atoms with E-state index in [0.29, 0.717) is 10.2 Å². The van der Waals surface area contributed by atoms with Gasteiger partial charge in [-0.25, -0.2) is 18.2 Å². The summed E-state index contributed by atoms with van der Waals surface area (Å²) >= 11 is 1.12. The van der Waals surface area contributed by atoms with Crippen molar-refractivity contribution in [3.05, 3.63) is 53.0 Å². The zero-order valence-electron chi connectivity index (χ0n) is 19.6. The van der Waals surface area contributed by atoms with Crippen LogP contribution in [0.5, 0.6) is 0 Å². The van der Waals surface area contributed by atoms with Gasteiger partial charge in [0.15, 0.2) is 20.9 Å². The van der Waals surface area contributed by atoms with Crippen LogP contribution in [0.25, 0.3) is 21.3 Å². The number of carboxylic acid groups (broad SMARTS) is 1. The van der Waals surface area contributed by atoms with Gasteiger partial charge in [-0.1, -0.05) is 18.2 Å². The quantitative estimate of drug-likeness (QED) is 0.363. The van der Waals surface area contributed by atoms with Crippen molar-refractivity contribution in [2.24, 2.45) is 0 Å². The van der Waals surface area contributed by atoms with Gasteiger partial charge in [-0.05, 0) is 48.2 Å². The lowest BCUT2D eigenvalue weighted by atomic mass is 10.0. The highest BCUT2D eigenvalue weighted by Gasteiger charge is 2.36. The number of carbonyl (C=O) groups is 3. The molecule has 1 unspecified atom stereocenters. The molecule has 190 valence electrons.